The fourth-order valence-corrected chi connectivity index (χ4v) is 2.99. The van der Waals surface area contributed by atoms with Gasteiger partial charge in [-0.3, -0.25) is 4.90 Å². The number of hydrogen-bond acceptors (Lipinski definition) is 3. The van der Waals surface area contributed by atoms with Crippen LogP contribution in [0.25, 0.3) is 0 Å². The van der Waals surface area contributed by atoms with E-state index < -0.39 is 0 Å². The first-order valence-electron chi connectivity index (χ1n) is 7.06. The van der Waals surface area contributed by atoms with Crippen LogP contribution >= 0.6 is 0 Å². The molecule has 0 amide bonds. The second-order valence-corrected chi connectivity index (χ2v) is 5.49. The highest BCUT2D eigenvalue weighted by Crippen LogP contribution is 2.25. The van der Waals surface area contributed by atoms with Crippen LogP contribution in [0.1, 0.15) is 41.5 Å². The molecule has 5 nitrogen and oxygen atoms in total. The molecule has 104 valence electrons. The highest BCUT2D eigenvalue weighted by Gasteiger charge is 2.23. The molecule has 3 heterocycles. The number of nitriles is 1. The van der Waals surface area contributed by atoms with E-state index in [1.807, 2.05) is 25.4 Å². The Kier molecular flexibility index (Phi) is 3.57. The third-order valence-electron chi connectivity index (χ3n) is 4.00. The number of likely N-dealkylation sites (tertiary alicyclic amines) is 1. The van der Waals surface area contributed by atoms with Crippen molar-refractivity contribution in [3.05, 3.63) is 41.2 Å². The molecule has 20 heavy (non-hydrogen) atoms. The van der Waals surface area contributed by atoms with E-state index in [1.54, 1.807) is 0 Å². The van der Waals surface area contributed by atoms with Gasteiger partial charge in [-0.1, -0.05) is 0 Å². The minimum absolute atomic E-state index is 0.491. The lowest BCUT2D eigenvalue weighted by Gasteiger charge is -2.31. The molecular formula is C15H19N5. The van der Waals surface area contributed by atoms with Crippen LogP contribution in [0, 0.1) is 18.3 Å². The average molecular weight is 269 g/mol. The van der Waals surface area contributed by atoms with Crippen molar-refractivity contribution in [2.24, 2.45) is 0 Å². The third kappa shape index (κ3) is 2.61. The molecule has 5 heteroatoms. The van der Waals surface area contributed by atoms with Crippen LogP contribution in [0.2, 0.25) is 0 Å². The summed E-state index contributed by atoms with van der Waals surface area (Å²) in [6, 6.07) is 4.18. The van der Waals surface area contributed by atoms with Crippen molar-refractivity contribution in [2.75, 3.05) is 13.1 Å². The Hall–Kier alpha value is -2.06. The summed E-state index contributed by atoms with van der Waals surface area (Å²) in [5.41, 5.74) is 2.83. The average Bonchev–Trinajstić information content (AvgIpc) is 3.09. The van der Waals surface area contributed by atoms with E-state index in [1.165, 1.54) is 12.8 Å². The Balaban J connectivity index is 1.67. The summed E-state index contributed by atoms with van der Waals surface area (Å²) in [7, 11) is 0. The first-order valence-corrected chi connectivity index (χ1v) is 7.06. The van der Waals surface area contributed by atoms with Crippen molar-refractivity contribution in [1.29, 1.82) is 5.26 Å². The largest absolute Gasteiger partial charge is 0.360 e. The number of piperidine rings is 1. The fraction of sp³-hybridized carbons (Fsp3) is 0.467. The number of H-pyrrole nitrogens is 2. The number of hydrogen-bond donors (Lipinski definition) is 2. The number of rotatable bonds is 3. The number of nitrogens with one attached hydrogen (secondary N) is 2. The van der Waals surface area contributed by atoms with Gasteiger partial charge in [0.2, 0.25) is 0 Å². The summed E-state index contributed by atoms with van der Waals surface area (Å²) in [5.74, 6) is 1.58. The van der Waals surface area contributed by atoms with E-state index in [-0.39, 0.29) is 0 Å². The van der Waals surface area contributed by atoms with Crippen molar-refractivity contribution >= 4 is 0 Å². The summed E-state index contributed by atoms with van der Waals surface area (Å²) >= 11 is 0. The van der Waals surface area contributed by atoms with Gasteiger partial charge in [0.15, 0.2) is 0 Å². The van der Waals surface area contributed by atoms with Gasteiger partial charge in [-0.25, -0.2) is 4.98 Å². The number of imidazole rings is 1. The Labute approximate surface area is 118 Å². The van der Waals surface area contributed by atoms with E-state index >= 15 is 0 Å². The smallest absolute Gasteiger partial charge is 0.110 e. The number of aryl methyl sites for hydroxylation is 1. The predicted octanol–water partition coefficient (Wildman–Crippen LogP) is 2.30. The predicted molar refractivity (Wildman–Crippen MR) is 76.1 cm³/mol. The van der Waals surface area contributed by atoms with Gasteiger partial charge in [-0.15, -0.1) is 0 Å². The molecule has 0 saturated carbocycles. The molecule has 0 bridgehead atoms. The molecule has 1 aliphatic rings. The molecule has 2 N–H and O–H groups in total. The zero-order valence-corrected chi connectivity index (χ0v) is 11.7. The second-order valence-electron chi connectivity index (χ2n) is 5.49. The van der Waals surface area contributed by atoms with Crippen molar-refractivity contribution in [3.63, 3.8) is 0 Å². The Morgan fingerprint density at radius 1 is 1.55 bits per heavy atom. The Morgan fingerprint density at radius 3 is 3.15 bits per heavy atom. The lowest BCUT2D eigenvalue weighted by molar-refractivity contribution is 0.195. The zero-order chi connectivity index (χ0) is 13.9. The van der Waals surface area contributed by atoms with Crippen LogP contribution in [0.5, 0.6) is 0 Å². The maximum Gasteiger partial charge on any atom is 0.110 e. The molecule has 2 aromatic heterocycles. The summed E-state index contributed by atoms with van der Waals surface area (Å²) in [4.78, 5) is 13.3. The fourth-order valence-electron chi connectivity index (χ4n) is 2.99. The molecule has 2 aromatic rings. The number of nitrogens with zero attached hydrogens (tertiary/aromatic N) is 3. The monoisotopic (exact) mass is 269 g/mol. The van der Waals surface area contributed by atoms with Crippen LogP contribution in [0.4, 0.5) is 0 Å². The third-order valence-corrected chi connectivity index (χ3v) is 4.00. The lowest BCUT2D eigenvalue weighted by atomic mass is 9.97. The van der Waals surface area contributed by atoms with Crippen LogP contribution in [0.3, 0.4) is 0 Å². The van der Waals surface area contributed by atoms with E-state index in [2.05, 4.69) is 25.9 Å². The number of aromatic amines is 2. The molecule has 1 aliphatic heterocycles. The van der Waals surface area contributed by atoms with Crippen molar-refractivity contribution in [1.82, 2.24) is 19.9 Å². The van der Waals surface area contributed by atoms with Gasteiger partial charge in [0.05, 0.1) is 5.56 Å². The van der Waals surface area contributed by atoms with Crippen LogP contribution in [-0.4, -0.2) is 32.9 Å². The SMILES string of the molecule is Cc1[nH]c(CN2CCC[C@@H](c3ncc[nH]3)C2)cc1C#N. The normalized spacial score (nSPS) is 19.9. The van der Waals surface area contributed by atoms with Crippen molar-refractivity contribution in [2.45, 2.75) is 32.2 Å². The minimum atomic E-state index is 0.491. The zero-order valence-electron chi connectivity index (χ0n) is 11.7. The van der Waals surface area contributed by atoms with Gasteiger partial charge in [0, 0.05) is 42.8 Å². The molecule has 0 radical (unpaired) electrons. The van der Waals surface area contributed by atoms with Crippen LogP contribution in [0.15, 0.2) is 18.5 Å². The molecule has 1 fully saturated rings. The molecule has 1 saturated heterocycles. The highest BCUT2D eigenvalue weighted by molar-refractivity contribution is 5.35. The molecule has 0 unspecified atom stereocenters. The number of aromatic nitrogens is 3. The molecule has 0 aromatic carbocycles. The van der Waals surface area contributed by atoms with E-state index in [4.69, 9.17) is 5.26 Å². The summed E-state index contributed by atoms with van der Waals surface area (Å²) < 4.78 is 0. The standard InChI is InChI=1S/C15H19N5/c1-11-13(8-16)7-14(19-11)10-20-6-2-3-12(9-20)15-17-4-5-18-15/h4-5,7,12,19H,2-3,6,9-10H2,1H3,(H,17,18)/t12-/m1/s1. The van der Waals surface area contributed by atoms with E-state index in [0.717, 1.165) is 42.4 Å². The molecular weight excluding hydrogens is 250 g/mol. The first-order chi connectivity index (χ1) is 9.76. The maximum atomic E-state index is 9.01. The van der Waals surface area contributed by atoms with Gasteiger partial charge < -0.3 is 9.97 Å². The highest BCUT2D eigenvalue weighted by atomic mass is 15.1. The summed E-state index contributed by atoms with van der Waals surface area (Å²) in [6.45, 7) is 4.95. The first kappa shape index (κ1) is 12.9. The van der Waals surface area contributed by atoms with Gasteiger partial charge in [0.25, 0.3) is 0 Å². The van der Waals surface area contributed by atoms with Crippen molar-refractivity contribution in [3.8, 4) is 6.07 Å². The molecule has 0 spiro atoms. The van der Waals surface area contributed by atoms with E-state index in [9.17, 15) is 0 Å². The summed E-state index contributed by atoms with van der Waals surface area (Å²) in [6.07, 6.45) is 6.09. The van der Waals surface area contributed by atoms with Crippen LogP contribution < -0.4 is 0 Å². The van der Waals surface area contributed by atoms with Gasteiger partial charge in [-0.2, -0.15) is 5.26 Å². The summed E-state index contributed by atoms with van der Waals surface area (Å²) in [5, 5.41) is 9.01. The Bertz CT molecular complexity index is 605. The maximum absolute atomic E-state index is 9.01. The minimum Gasteiger partial charge on any atom is -0.360 e. The Morgan fingerprint density at radius 2 is 2.45 bits per heavy atom. The van der Waals surface area contributed by atoms with Gasteiger partial charge in [0.1, 0.15) is 11.9 Å². The van der Waals surface area contributed by atoms with Gasteiger partial charge in [-0.05, 0) is 32.4 Å². The molecule has 3 rings (SSSR count). The van der Waals surface area contributed by atoms with Gasteiger partial charge >= 0.3 is 0 Å². The van der Waals surface area contributed by atoms with Crippen LogP contribution in [-0.2, 0) is 6.54 Å². The second kappa shape index (κ2) is 5.51. The topological polar surface area (TPSA) is 71.5 Å². The quantitative estimate of drug-likeness (QED) is 0.898. The molecule has 0 aliphatic carbocycles. The lowest BCUT2D eigenvalue weighted by Crippen LogP contribution is -2.34. The van der Waals surface area contributed by atoms with E-state index in [0.29, 0.717) is 5.92 Å². The molecule has 1 atom stereocenters. The van der Waals surface area contributed by atoms with Crippen molar-refractivity contribution < 1.29 is 0 Å².